The first kappa shape index (κ1) is 20.8. The molecule has 0 unspecified atom stereocenters. The third-order valence-electron chi connectivity index (χ3n) is 6.54. The molecular weight excluding hydrogens is 350 g/mol. The Kier molecular flexibility index (Phi) is 6.43. The van der Waals surface area contributed by atoms with Crippen LogP contribution < -0.4 is 5.32 Å². The lowest BCUT2D eigenvalue weighted by atomic mass is 9.83. The Morgan fingerprint density at radius 2 is 1.71 bits per heavy atom. The molecule has 5 heteroatoms. The summed E-state index contributed by atoms with van der Waals surface area (Å²) in [4.78, 5) is 30.2. The Hall–Kier alpha value is -1.88. The van der Waals surface area contributed by atoms with Gasteiger partial charge < -0.3 is 15.1 Å². The van der Waals surface area contributed by atoms with Crippen molar-refractivity contribution in [3.05, 3.63) is 34.9 Å². The summed E-state index contributed by atoms with van der Waals surface area (Å²) in [5.41, 5.74) is 2.90. The lowest BCUT2D eigenvalue weighted by Gasteiger charge is -2.55. The number of carbonyl (C=O) groups is 2. The second-order valence-electron chi connectivity index (χ2n) is 8.26. The molecule has 2 heterocycles. The highest BCUT2D eigenvalue weighted by Gasteiger charge is 2.57. The van der Waals surface area contributed by atoms with Gasteiger partial charge in [0.05, 0.1) is 0 Å². The van der Waals surface area contributed by atoms with E-state index >= 15 is 0 Å². The fraction of sp³-hybridized carbons (Fsp3) is 0.652. The quantitative estimate of drug-likeness (QED) is 0.869. The number of amides is 2. The van der Waals surface area contributed by atoms with E-state index < -0.39 is 5.54 Å². The second kappa shape index (κ2) is 8.64. The van der Waals surface area contributed by atoms with E-state index in [-0.39, 0.29) is 24.4 Å². The number of hydrogen-bond acceptors (Lipinski definition) is 3. The summed E-state index contributed by atoms with van der Waals surface area (Å²) in [6.07, 6.45) is 5.66. The molecule has 1 aromatic rings. The van der Waals surface area contributed by atoms with Crippen LogP contribution in [0.4, 0.5) is 0 Å². The van der Waals surface area contributed by atoms with Gasteiger partial charge >= 0.3 is 0 Å². The minimum absolute atomic E-state index is 0.0925. The van der Waals surface area contributed by atoms with Gasteiger partial charge in [-0.1, -0.05) is 51.3 Å². The van der Waals surface area contributed by atoms with Crippen LogP contribution in [0, 0.1) is 13.8 Å². The number of rotatable bonds is 3. The van der Waals surface area contributed by atoms with Crippen LogP contribution in [0.1, 0.15) is 62.6 Å². The standard InChI is InChI=1S/C21H29N3O2.C2H6/c1-15-8-9-17(10-16(15)2)11-24-19(25)12-23(18-6-4-3-5-7-18)20(26)21(24)13-22-14-21;1-2/h8-10,18,22H,3-7,11-14H2,1-2H3;1-2H3. The summed E-state index contributed by atoms with van der Waals surface area (Å²) in [7, 11) is 0. The monoisotopic (exact) mass is 385 g/mol. The van der Waals surface area contributed by atoms with Crippen molar-refractivity contribution in [2.24, 2.45) is 0 Å². The molecule has 4 rings (SSSR count). The van der Waals surface area contributed by atoms with Crippen molar-refractivity contribution in [1.82, 2.24) is 15.1 Å². The van der Waals surface area contributed by atoms with Crippen LogP contribution in [0.5, 0.6) is 0 Å². The van der Waals surface area contributed by atoms with Gasteiger partial charge in [0.1, 0.15) is 12.1 Å². The van der Waals surface area contributed by atoms with Gasteiger partial charge in [-0.25, -0.2) is 0 Å². The average Bonchev–Trinajstić information content (AvgIpc) is 2.68. The van der Waals surface area contributed by atoms with Crippen molar-refractivity contribution in [2.45, 2.75) is 77.9 Å². The van der Waals surface area contributed by atoms with Gasteiger partial charge in [0, 0.05) is 25.7 Å². The number of carbonyl (C=O) groups excluding carboxylic acids is 2. The van der Waals surface area contributed by atoms with Crippen LogP contribution in [0.3, 0.4) is 0 Å². The molecule has 28 heavy (non-hydrogen) atoms. The van der Waals surface area contributed by atoms with Gasteiger partial charge in [0.2, 0.25) is 5.91 Å². The normalized spacial score (nSPS) is 22.0. The lowest BCUT2D eigenvalue weighted by Crippen LogP contribution is -2.80. The SMILES string of the molecule is CC.Cc1ccc(CN2C(=O)CN(C3CCCCC3)C(=O)C23CNC3)cc1C. The maximum absolute atomic E-state index is 13.4. The molecule has 1 aromatic carbocycles. The summed E-state index contributed by atoms with van der Waals surface area (Å²) in [6.45, 7) is 10.1. The zero-order chi connectivity index (χ0) is 20.3. The maximum atomic E-state index is 13.4. The number of nitrogens with zero attached hydrogens (tertiary/aromatic N) is 2. The van der Waals surface area contributed by atoms with E-state index in [2.05, 4.69) is 37.4 Å². The van der Waals surface area contributed by atoms with Crippen molar-refractivity contribution < 1.29 is 9.59 Å². The zero-order valence-electron chi connectivity index (χ0n) is 17.9. The molecule has 3 aliphatic rings. The molecule has 1 N–H and O–H groups in total. The fourth-order valence-corrected chi connectivity index (χ4v) is 4.64. The van der Waals surface area contributed by atoms with Crippen molar-refractivity contribution >= 4 is 11.8 Å². The topological polar surface area (TPSA) is 52.7 Å². The third kappa shape index (κ3) is 3.69. The van der Waals surface area contributed by atoms with E-state index in [1.807, 2.05) is 23.6 Å². The Balaban J connectivity index is 0.00000109. The van der Waals surface area contributed by atoms with Crippen LogP contribution in [-0.4, -0.2) is 52.8 Å². The van der Waals surface area contributed by atoms with Crippen LogP contribution in [0.2, 0.25) is 0 Å². The minimum Gasteiger partial charge on any atom is -0.328 e. The molecule has 2 amide bonds. The van der Waals surface area contributed by atoms with Gasteiger partial charge in [-0.15, -0.1) is 0 Å². The third-order valence-corrected chi connectivity index (χ3v) is 6.54. The van der Waals surface area contributed by atoms with E-state index in [4.69, 9.17) is 0 Å². The Morgan fingerprint density at radius 3 is 2.29 bits per heavy atom. The van der Waals surface area contributed by atoms with E-state index in [1.54, 1.807) is 0 Å². The molecule has 0 aromatic heterocycles. The molecule has 1 spiro atoms. The lowest BCUT2D eigenvalue weighted by molar-refractivity contribution is -0.173. The minimum atomic E-state index is -0.675. The number of hydrogen-bond donors (Lipinski definition) is 1. The summed E-state index contributed by atoms with van der Waals surface area (Å²) < 4.78 is 0. The molecular formula is C23H35N3O2. The number of benzene rings is 1. The first-order valence-corrected chi connectivity index (χ1v) is 10.9. The molecule has 3 fully saturated rings. The van der Waals surface area contributed by atoms with Gasteiger partial charge in [-0.3, -0.25) is 9.59 Å². The zero-order valence-corrected chi connectivity index (χ0v) is 17.9. The molecule has 1 saturated carbocycles. The number of aryl methyl sites for hydroxylation is 2. The van der Waals surface area contributed by atoms with Crippen molar-refractivity contribution in [1.29, 1.82) is 0 Å². The molecule has 2 saturated heterocycles. The van der Waals surface area contributed by atoms with Crippen LogP contribution in [0.15, 0.2) is 18.2 Å². The predicted molar refractivity (Wildman–Crippen MR) is 112 cm³/mol. The molecule has 5 nitrogen and oxygen atoms in total. The van der Waals surface area contributed by atoms with E-state index in [0.717, 1.165) is 18.4 Å². The van der Waals surface area contributed by atoms with Crippen LogP contribution >= 0.6 is 0 Å². The van der Waals surface area contributed by atoms with Crippen LogP contribution in [-0.2, 0) is 16.1 Å². The van der Waals surface area contributed by atoms with Crippen LogP contribution in [0.25, 0.3) is 0 Å². The molecule has 0 radical (unpaired) electrons. The first-order valence-electron chi connectivity index (χ1n) is 10.9. The molecule has 0 atom stereocenters. The molecule has 2 aliphatic heterocycles. The second-order valence-corrected chi connectivity index (χ2v) is 8.26. The largest absolute Gasteiger partial charge is 0.328 e. The summed E-state index contributed by atoms with van der Waals surface area (Å²) >= 11 is 0. The summed E-state index contributed by atoms with van der Waals surface area (Å²) in [5.74, 6) is 0.251. The number of nitrogens with one attached hydrogen (secondary N) is 1. The van der Waals surface area contributed by atoms with Gasteiger partial charge in [-0.05, 0) is 43.4 Å². The van der Waals surface area contributed by atoms with E-state index in [9.17, 15) is 9.59 Å². The molecule has 1 aliphatic carbocycles. The highest BCUT2D eigenvalue weighted by molar-refractivity contribution is 5.99. The highest BCUT2D eigenvalue weighted by Crippen LogP contribution is 2.34. The summed E-state index contributed by atoms with van der Waals surface area (Å²) in [5, 5.41) is 3.24. The van der Waals surface area contributed by atoms with Crippen molar-refractivity contribution in [2.75, 3.05) is 19.6 Å². The summed E-state index contributed by atoms with van der Waals surface area (Å²) in [6, 6.07) is 6.57. The average molecular weight is 386 g/mol. The molecule has 0 bridgehead atoms. The highest BCUT2D eigenvalue weighted by atomic mass is 16.2. The fourth-order valence-electron chi connectivity index (χ4n) is 4.64. The molecule has 154 valence electrons. The number of piperazine rings is 1. The van der Waals surface area contributed by atoms with E-state index in [0.29, 0.717) is 19.6 Å². The Bertz CT molecular complexity index is 721. The van der Waals surface area contributed by atoms with Gasteiger partial charge in [-0.2, -0.15) is 0 Å². The van der Waals surface area contributed by atoms with Gasteiger partial charge in [0.15, 0.2) is 0 Å². The Labute approximate surface area is 169 Å². The maximum Gasteiger partial charge on any atom is 0.251 e. The smallest absolute Gasteiger partial charge is 0.251 e. The van der Waals surface area contributed by atoms with Gasteiger partial charge in [0.25, 0.3) is 5.91 Å². The van der Waals surface area contributed by atoms with E-state index in [1.165, 1.54) is 30.4 Å². The first-order chi connectivity index (χ1) is 13.5. The predicted octanol–water partition coefficient (Wildman–Crippen LogP) is 3.18. The Morgan fingerprint density at radius 1 is 1.04 bits per heavy atom. The van der Waals surface area contributed by atoms with Crippen molar-refractivity contribution in [3.63, 3.8) is 0 Å². The van der Waals surface area contributed by atoms with Crippen molar-refractivity contribution in [3.8, 4) is 0 Å².